The van der Waals surface area contributed by atoms with E-state index in [0.29, 0.717) is 11.5 Å². The molecule has 0 aliphatic heterocycles. The Labute approximate surface area is 124 Å². The van der Waals surface area contributed by atoms with Crippen molar-refractivity contribution in [3.63, 3.8) is 0 Å². The van der Waals surface area contributed by atoms with Crippen molar-refractivity contribution in [2.75, 3.05) is 26.8 Å². The Morgan fingerprint density at radius 1 is 1.35 bits per heavy atom. The van der Waals surface area contributed by atoms with Crippen LogP contribution in [0.4, 0.5) is 0 Å². The Bertz CT molecular complexity index is 293. The van der Waals surface area contributed by atoms with E-state index in [1.54, 1.807) is 0 Å². The van der Waals surface area contributed by atoms with Gasteiger partial charge in [0, 0.05) is 26.2 Å². The number of aliphatic imine (C=N–C) groups is 1. The van der Waals surface area contributed by atoms with Crippen LogP contribution in [0.2, 0.25) is 0 Å². The van der Waals surface area contributed by atoms with Gasteiger partial charge in [-0.2, -0.15) is 0 Å². The molecule has 2 N–H and O–H groups in total. The lowest BCUT2D eigenvalue weighted by molar-refractivity contribution is 0.129. The molecule has 1 unspecified atom stereocenters. The highest BCUT2D eigenvalue weighted by Crippen LogP contribution is 2.28. The first-order valence-corrected chi connectivity index (χ1v) is 7.95. The van der Waals surface area contributed by atoms with Crippen molar-refractivity contribution >= 4 is 5.96 Å². The minimum Gasteiger partial charge on any atom is -0.379 e. The van der Waals surface area contributed by atoms with Crippen molar-refractivity contribution < 1.29 is 4.74 Å². The lowest BCUT2D eigenvalue weighted by atomic mass is 9.89. The van der Waals surface area contributed by atoms with E-state index in [-0.39, 0.29) is 0 Å². The average molecular weight is 283 g/mol. The molecule has 4 nitrogen and oxygen atoms in total. The van der Waals surface area contributed by atoms with Crippen LogP contribution in [-0.2, 0) is 4.74 Å². The van der Waals surface area contributed by atoms with Crippen LogP contribution in [0.3, 0.4) is 0 Å². The van der Waals surface area contributed by atoms with Gasteiger partial charge in [-0.25, -0.2) is 0 Å². The summed E-state index contributed by atoms with van der Waals surface area (Å²) in [6, 6.07) is 0.438. The molecule has 1 rings (SSSR count). The number of hydrogen-bond donors (Lipinski definition) is 2. The fraction of sp³-hybridized carbons (Fsp3) is 0.938. The molecule has 0 bridgehead atoms. The molecule has 0 aromatic rings. The smallest absolute Gasteiger partial charge is 0.191 e. The average Bonchev–Trinajstić information content (AvgIpc) is 3.17. The number of ether oxygens (including phenoxy) is 1. The van der Waals surface area contributed by atoms with Crippen molar-refractivity contribution in [1.82, 2.24) is 10.6 Å². The summed E-state index contributed by atoms with van der Waals surface area (Å²) in [5.41, 5.74) is 0.392. The highest BCUT2D eigenvalue weighted by Gasteiger charge is 2.20. The molecular formula is C16H33N3O. The number of guanidine groups is 1. The second-order valence-electron chi connectivity index (χ2n) is 7.16. The van der Waals surface area contributed by atoms with Crippen molar-refractivity contribution in [3.8, 4) is 0 Å². The first-order chi connectivity index (χ1) is 9.40. The third-order valence-corrected chi connectivity index (χ3v) is 3.52. The van der Waals surface area contributed by atoms with Crippen molar-refractivity contribution in [2.24, 2.45) is 16.3 Å². The van der Waals surface area contributed by atoms with Gasteiger partial charge in [-0.15, -0.1) is 0 Å². The van der Waals surface area contributed by atoms with Crippen LogP contribution in [0.1, 0.15) is 53.4 Å². The lowest BCUT2D eigenvalue weighted by Gasteiger charge is -2.23. The monoisotopic (exact) mass is 283 g/mol. The summed E-state index contributed by atoms with van der Waals surface area (Å²) in [6.45, 7) is 11.6. The topological polar surface area (TPSA) is 45.7 Å². The Balaban J connectivity index is 2.07. The second-order valence-corrected chi connectivity index (χ2v) is 7.16. The van der Waals surface area contributed by atoms with E-state index in [1.165, 1.54) is 19.3 Å². The van der Waals surface area contributed by atoms with Crippen molar-refractivity contribution in [3.05, 3.63) is 0 Å². The number of nitrogens with one attached hydrogen (secondary N) is 2. The highest BCUT2D eigenvalue weighted by atomic mass is 16.5. The molecule has 0 saturated heterocycles. The molecule has 0 radical (unpaired) electrons. The molecule has 0 heterocycles. The predicted octanol–water partition coefficient (Wildman–Crippen LogP) is 2.79. The number of rotatable bonds is 8. The Hall–Kier alpha value is -0.770. The minimum atomic E-state index is 0.392. The molecule has 0 spiro atoms. The largest absolute Gasteiger partial charge is 0.379 e. The van der Waals surface area contributed by atoms with Gasteiger partial charge in [-0.05, 0) is 43.9 Å². The van der Waals surface area contributed by atoms with Crippen molar-refractivity contribution in [1.29, 1.82) is 0 Å². The van der Waals surface area contributed by atoms with E-state index in [0.717, 1.165) is 38.1 Å². The summed E-state index contributed by atoms with van der Waals surface area (Å²) in [7, 11) is 1.82. The Morgan fingerprint density at radius 3 is 2.60 bits per heavy atom. The zero-order valence-electron chi connectivity index (χ0n) is 14.0. The van der Waals surface area contributed by atoms with Gasteiger partial charge >= 0.3 is 0 Å². The maximum absolute atomic E-state index is 5.60. The van der Waals surface area contributed by atoms with Gasteiger partial charge in [0.2, 0.25) is 0 Å². The van der Waals surface area contributed by atoms with E-state index in [4.69, 9.17) is 4.74 Å². The molecule has 0 aromatic heterocycles. The number of nitrogens with zero attached hydrogens (tertiary/aromatic N) is 1. The molecule has 1 aliphatic carbocycles. The molecule has 1 aliphatic rings. The first kappa shape index (κ1) is 17.3. The van der Waals surface area contributed by atoms with Gasteiger partial charge in [0.1, 0.15) is 0 Å². The van der Waals surface area contributed by atoms with E-state index < -0.39 is 0 Å². The summed E-state index contributed by atoms with van der Waals surface area (Å²) in [6.07, 6.45) is 5.06. The predicted molar refractivity (Wildman–Crippen MR) is 86.2 cm³/mol. The molecule has 4 heteroatoms. The van der Waals surface area contributed by atoms with E-state index in [9.17, 15) is 0 Å². The van der Waals surface area contributed by atoms with Gasteiger partial charge in [0.25, 0.3) is 0 Å². The molecular weight excluding hydrogens is 250 g/mol. The van der Waals surface area contributed by atoms with Crippen LogP contribution in [0, 0.1) is 11.3 Å². The van der Waals surface area contributed by atoms with E-state index >= 15 is 0 Å². The van der Waals surface area contributed by atoms with Gasteiger partial charge in [-0.1, -0.05) is 20.8 Å². The fourth-order valence-electron chi connectivity index (χ4n) is 1.93. The van der Waals surface area contributed by atoms with Crippen LogP contribution < -0.4 is 10.6 Å². The van der Waals surface area contributed by atoms with Crippen LogP contribution in [0.25, 0.3) is 0 Å². The fourth-order valence-corrected chi connectivity index (χ4v) is 1.93. The van der Waals surface area contributed by atoms with Gasteiger partial charge in [-0.3, -0.25) is 4.99 Å². The summed E-state index contributed by atoms with van der Waals surface area (Å²) < 4.78 is 5.60. The van der Waals surface area contributed by atoms with Gasteiger partial charge in [0.15, 0.2) is 5.96 Å². The standard InChI is InChI=1S/C16H33N3O/c1-13(8-9-16(2,3)4)19-15(17-5)18-10-11-20-12-14-6-7-14/h13-14H,6-12H2,1-5H3,(H2,17,18,19). The lowest BCUT2D eigenvalue weighted by Crippen LogP contribution is -2.43. The van der Waals surface area contributed by atoms with Crippen LogP contribution >= 0.6 is 0 Å². The quantitative estimate of drug-likeness (QED) is 0.409. The third-order valence-electron chi connectivity index (χ3n) is 3.52. The molecule has 1 saturated carbocycles. The molecule has 1 atom stereocenters. The Kier molecular flexibility index (Phi) is 7.35. The number of hydrogen-bond acceptors (Lipinski definition) is 2. The SMILES string of the molecule is CN=C(NCCOCC1CC1)NC(C)CCC(C)(C)C. The minimum absolute atomic E-state index is 0.392. The van der Waals surface area contributed by atoms with Crippen LogP contribution in [0.5, 0.6) is 0 Å². The molecule has 20 heavy (non-hydrogen) atoms. The summed E-state index contributed by atoms with van der Waals surface area (Å²) >= 11 is 0. The molecule has 118 valence electrons. The maximum atomic E-state index is 5.60. The molecule has 0 aromatic carbocycles. The third kappa shape index (κ3) is 9.18. The van der Waals surface area contributed by atoms with E-state index in [1.807, 2.05) is 7.05 Å². The van der Waals surface area contributed by atoms with Crippen molar-refractivity contribution in [2.45, 2.75) is 59.4 Å². The maximum Gasteiger partial charge on any atom is 0.191 e. The Morgan fingerprint density at radius 2 is 2.05 bits per heavy atom. The van der Waals surface area contributed by atoms with E-state index in [2.05, 4.69) is 43.3 Å². The molecule has 1 fully saturated rings. The molecule has 0 amide bonds. The van der Waals surface area contributed by atoms with Gasteiger partial charge in [0.05, 0.1) is 6.61 Å². The highest BCUT2D eigenvalue weighted by molar-refractivity contribution is 5.79. The zero-order valence-corrected chi connectivity index (χ0v) is 14.0. The summed E-state index contributed by atoms with van der Waals surface area (Å²) in [5, 5.41) is 6.74. The van der Waals surface area contributed by atoms with Crippen LogP contribution in [0.15, 0.2) is 4.99 Å². The van der Waals surface area contributed by atoms with Gasteiger partial charge < -0.3 is 15.4 Å². The summed E-state index contributed by atoms with van der Waals surface area (Å²) in [4.78, 5) is 4.26. The second kappa shape index (κ2) is 8.50. The summed E-state index contributed by atoms with van der Waals surface area (Å²) in [5.74, 6) is 1.71. The zero-order chi connectivity index (χ0) is 15.0. The first-order valence-electron chi connectivity index (χ1n) is 7.95. The van der Waals surface area contributed by atoms with Crippen LogP contribution in [-0.4, -0.2) is 38.8 Å². The normalized spacial score (nSPS) is 17.9.